The lowest BCUT2D eigenvalue weighted by Gasteiger charge is -2.11. The van der Waals surface area contributed by atoms with Crippen molar-refractivity contribution in [2.75, 3.05) is 17.7 Å². The quantitative estimate of drug-likeness (QED) is 0.213. The number of esters is 1. The highest BCUT2D eigenvalue weighted by Crippen LogP contribution is 2.23. The van der Waals surface area contributed by atoms with E-state index in [4.69, 9.17) is 4.74 Å². The van der Waals surface area contributed by atoms with E-state index in [0.717, 1.165) is 22.9 Å². The fraction of sp³-hybridized carbons (Fsp3) is 0.200. The van der Waals surface area contributed by atoms with Gasteiger partial charge in [0.2, 0.25) is 11.7 Å². The number of aromatic amines is 1. The normalized spacial score (nSPS) is 10.9. The standard InChI is InChI=1S/C25H24N4O4S/c1-3-16-7-6-9-17-19(13-27-23(16)17)21(30)14-33-24(32)18-8-4-5-10-20(18)28-22(31)15-34-25-26-11-12-29(25)2/h4-13,27H,3,14-15H2,1-2H3,(H,28,31). The smallest absolute Gasteiger partial charge is 0.340 e. The van der Waals surface area contributed by atoms with Gasteiger partial charge >= 0.3 is 5.97 Å². The molecule has 8 nitrogen and oxygen atoms in total. The van der Waals surface area contributed by atoms with Gasteiger partial charge in [0.25, 0.3) is 0 Å². The van der Waals surface area contributed by atoms with Gasteiger partial charge in [0.15, 0.2) is 11.8 Å². The van der Waals surface area contributed by atoms with E-state index in [2.05, 4.69) is 15.3 Å². The molecule has 4 rings (SSSR count). The number of imidazole rings is 1. The molecule has 0 radical (unpaired) electrons. The second kappa shape index (κ2) is 10.4. The van der Waals surface area contributed by atoms with Crippen molar-refractivity contribution in [2.45, 2.75) is 18.5 Å². The summed E-state index contributed by atoms with van der Waals surface area (Å²) in [7, 11) is 1.85. The van der Waals surface area contributed by atoms with Crippen LogP contribution in [0.25, 0.3) is 10.9 Å². The summed E-state index contributed by atoms with van der Waals surface area (Å²) in [5.41, 5.74) is 3.00. The molecule has 1 amide bonds. The molecule has 34 heavy (non-hydrogen) atoms. The van der Waals surface area contributed by atoms with Crippen molar-refractivity contribution in [3.05, 3.63) is 77.7 Å². The number of aryl methyl sites for hydroxylation is 2. The molecule has 0 aliphatic rings. The van der Waals surface area contributed by atoms with Crippen molar-refractivity contribution in [1.29, 1.82) is 0 Å². The Bertz CT molecular complexity index is 1360. The molecule has 2 aromatic carbocycles. The van der Waals surface area contributed by atoms with Crippen LogP contribution in [0.1, 0.15) is 33.2 Å². The number of nitrogens with zero attached hydrogens (tertiary/aromatic N) is 2. The van der Waals surface area contributed by atoms with Crippen molar-refractivity contribution in [1.82, 2.24) is 14.5 Å². The van der Waals surface area contributed by atoms with Gasteiger partial charge < -0.3 is 19.6 Å². The first kappa shape index (κ1) is 23.3. The number of H-pyrrole nitrogens is 1. The Morgan fingerprint density at radius 3 is 2.71 bits per heavy atom. The summed E-state index contributed by atoms with van der Waals surface area (Å²) in [6, 6.07) is 12.3. The van der Waals surface area contributed by atoms with Crippen LogP contribution in [0, 0.1) is 0 Å². The predicted octanol–water partition coefficient (Wildman–Crippen LogP) is 4.23. The van der Waals surface area contributed by atoms with Gasteiger partial charge in [-0.3, -0.25) is 9.59 Å². The lowest BCUT2D eigenvalue weighted by molar-refractivity contribution is -0.113. The number of ether oxygens (including phenoxy) is 1. The maximum atomic E-state index is 12.8. The summed E-state index contributed by atoms with van der Waals surface area (Å²) in [5.74, 6) is -1.14. The van der Waals surface area contributed by atoms with Crippen LogP contribution in [-0.4, -0.2) is 44.6 Å². The molecule has 9 heteroatoms. The molecule has 0 spiro atoms. The third-order valence-corrected chi connectivity index (χ3v) is 6.41. The van der Waals surface area contributed by atoms with Crippen molar-refractivity contribution in [3.8, 4) is 0 Å². The number of carbonyl (C=O) groups excluding carboxylic acids is 3. The molecular weight excluding hydrogens is 452 g/mol. The number of fused-ring (bicyclic) bond motifs is 1. The van der Waals surface area contributed by atoms with Crippen LogP contribution in [-0.2, 0) is 23.0 Å². The lowest BCUT2D eigenvalue weighted by atomic mass is 10.1. The zero-order valence-electron chi connectivity index (χ0n) is 18.8. The average molecular weight is 477 g/mol. The average Bonchev–Trinajstić information content (AvgIpc) is 3.47. The number of carbonyl (C=O) groups is 3. The van der Waals surface area contributed by atoms with Crippen LogP contribution < -0.4 is 5.32 Å². The maximum absolute atomic E-state index is 12.8. The molecule has 4 aromatic rings. The molecule has 0 fully saturated rings. The summed E-state index contributed by atoms with van der Waals surface area (Å²) in [6.07, 6.45) is 5.94. The summed E-state index contributed by atoms with van der Waals surface area (Å²) in [6.45, 7) is 1.64. The number of para-hydroxylation sites is 2. The molecule has 0 unspecified atom stereocenters. The topological polar surface area (TPSA) is 106 Å². The Labute approximate surface area is 200 Å². The van der Waals surface area contributed by atoms with E-state index < -0.39 is 12.6 Å². The molecule has 0 saturated heterocycles. The minimum atomic E-state index is -0.685. The highest BCUT2D eigenvalue weighted by atomic mass is 32.2. The van der Waals surface area contributed by atoms with Gasteiger partial charge in [-0.25, -0.2) is 9.78 Å². The Morgan fingerprint density at radius 1 is 1.12 bits per heavy atom. The van der Waals surface area contributed by atoms with Crippen molar-refractivity contribution in [2.24, 2.45) is 7.05 Å². The molecule has 0 aliphatic carbocycles. The first-order valence-corrected chi connectivity index (χ1v) is 11.7. The number of Topliss-reactive ketones (excluding diaryl/α,β-unsaturated/α-hetero) is 1. The highest BCUT2D eigenvalue weighted by Gasteiger charge is 2.19. The minimum absolute atomic E-state index is 0.132. The Balaban J connectivity index is 1.39. The number of benzene rings is 2. The van der Waals surface area contributed by atoms with Gasteiger partial charge in [0, 0.05) is 42.1 Å². The number of hydrogen-bond donors (Lipinski definition) is 2. The van der Waals surface area contributed by atoms with Crippen LogP contribution >= 0.6 is 11.8 Å². The molecule has 0 aliphatic heterocycles. The van der Waals surface area contributed by atoms with Gasteiger partial charge in [0.1, 0.15) is 0 Å². The zero-order chi connectivity index (χ0) is 24.1. The number of rotatable bonds is 9. The number of aromatic nitrogens is 3. The van der Waals surface area contributed by atoms with Gasteiger partial charge in [-0.1, -0.05) is 49.0 Å². The molecule has 0 saturated carbocycles. The maximum Gasteiger partial charge on any atom is 0.340 e. The summed E-state index contributed by atoms with van der Waals surface area (Å²) in [4.78, 5) is 45.2. The number of amides is 1. The fourth-order valence-electron chi connectivity index (χ4n) is 3.61. The van der Waals surface area contributed by atoms with E-state index in [1.807, 2.05) is 36.7 Å². The fourth-order valence-corrected chi connectivity index (χ4v) is 4.34. The first-order chi connectivity index (χ1) is 16.5. The van der Waals surface area contributed by atoms with Crippen molar-refractivity contribution < 1.29 is 19.1 Å². The zero-order valence-corrected chi connectivity index (χ0v) is 19.6. The van der Waals surface area contributed by atoms with Crippen molar-refractivity contribution >= 4 is 46.0 Å². The minimum Gasteiger partial charge on any atom is -0.454 e. The first-order valence-electron chi connectivity index (χ1n) is 10.8. The second-order valence-electron chi connectivity index (χ2n) is 7.60. The van der Waals surface area contributed by atoms with Crippen LogP contribution in [0.5, 0.6) is 0 Å². The number of hydrogen-bond acceptors (Lipinski definition) is 6. The molecule has 0 bridgehead atoms. The van der Waals surface area contributed by atoms with Crippen LogP contribution in [0.3, 0.4) is 0 Å². The Hall–Kier alpha value is -3.85. The Kier molecular flexibility index (Phi) is 7.12. The lowest BCUT2D eigenvalue weighted by Crippen LogP contribution is -2.19. The molecule has 2 heterocycles. The molecule has 2 N–H and O–H groups in total. The van der Waals surface area contributed by atoms with Gasteiger partial charge in [0.05, 0.1) is 17.0 Å². The van der Waals surface area contributed by atoms with E-state index in [1.54, 1.807) is 42.9 Å². The summed E-state index contributed by atoms with van der Waals surface area (Å²) in [5, 5.41) is 4.25. The van der Waals surface area contributed by atoms with Gasteiger partial charge in [-0.15, -0.1) is 0 Å². The molecule has 2 aromatic heterocycles. The third-order valence-electron chi connectivity index (χ3n) is 5.35. The Morgan fingerprint density at radius 2 is 1.94 bits per heavy atom. The van der Waals surface area contributed by atoms with Crippen LogP contribution in [0.15, 0.2) is 66.2 Å². The van der Waals surface area contributed by atoms with Gasteiger partial charge in [-0.2, -0.15) is 0 Å². The SMILES string of the molecule is CCc1cccc2c(C(=O)COC(=O)c3ccccc3NC(=O)CSc3nccn3C)c[nH]c12. The number of nitrogens with one attached hydrogen (secondary N) is 2. The molecular formula is C25H24N4O4S. The number of anilines is 1. The highest BCUT2D eigenvalue weighted by molar-refractivity contribution is 7.99. The summed E-state index contributed by atoms with van der Waals surface area (Å²) < 4.78 is 7.12. The van der Waals surface area contributed by atoms with Crippen LogP contribution in [0.4, 0.5) is 5.69 Å². The van der Waals surface area contributed by atoms with E-state index in [1.165, 1.54) is 11.8 Å². The third kappa shape index (κ3) is 5.04. The van der Waals surface area contributed by atoms with E-state index >= 15 is 0 Å². The second-order valence-corrected chi connectivity index (χ2v) is 8.54. The van der Waals surface area contributed by atoms with Gasteiger partial charge in [-0.05, 0) is 24.1 Å². The largest absolute Gasteiger partial charge is 0.454 e. The number of ketones is 1. The summed E-state index contributed by atoms with van der Waals surface area (Å²) >= 11 is 1.29. The van der Waals surface area contributed by atoms with E-state index in [0.29, 0.717) is 16.4 Å². The predicted molar refractivity (Wildman–Crippen MR) is 131 cm³/mol. The molecule has 174 valence electrons. The van der Waals surface area contributed by atoms with Crippen molar-refractivity contribution in [3.63, 3.8) is 0 Å². The van der Waals surface area contributed by atoms with E-state index in [9.17, 15) is 14.4 Å². The monoisotopic (exact) mass is 476 g/mol. The van der Waals surface area contributed by atoms with E-state index in [-0.39, 0.29) is 23.0 Å². The van der Waals surface area contributed by atoms with Crippen LogP contribution in [0.2, 0.25) is 0 Å². The molecule has 0 atom stereocenters. The number of thioether (sulfide) groups is 1.